The third-order valence-corrected chi connectivity index (χ3v) is 6.05. The van der Waals surface area contributed by atoms with Gasteiger partial charge in [-0.25, -0.2) is 9.97 Å². The average molecular weight is 509 g/mol. The highest BCUT2D eigenvalue weighted by Crippen LogP contribution is 2.31. The van der Waals surface area contributed by atoms with Crippen LogP contribution in [0.2, 0.25) is 5.28 Å². The molecule has 1 aliphatic rings. The molecule has 3 aromatic rings. The van der Waals surface area contributed by atoms with Crippen LogP contribution in [0.15, 0.2) is 42.5 Å². The highest BCUT2D eigenvalue weighted by molar-refractivity contribution is 14.1. The van der Waals surface area contributed by atoms with Crippen molar-refractivity contribution in [2.45, 2.75) is 25.4 Å². The van der Waals surface area contributed by atoms with Gasteiger partial charge in [0.1, 0.15) is 11.6 Å². The molecule has 0 radical (unpaired) electrons. The third kappa shape index (κ3) is 4.50. The molecule has 0 amide bonds. The number of nitrogens with one attached hydrogen (secondary N) is 1. The standard InChI is InChI=1S/C21H22ClIN4O/c1-28-19-10-16-18(11-17(19)23)25-21(22)26-20(16)24-15-8-5-9-27(13-15)12-14-6-3-2-4-7-14/h2-4,6-7,10-11,15H,5,8-9,12-13H2,1H3,(H,24,25,26). The summed E-state index contributed by atoms with van der Waals surface area (Å²) < 4.78 is 6.48. The van der Waals surface area contributed by atoms with E-state index in [0.717, 1.165) is 58.5 Å². The molecule has 146 valence electrons. The monoisotopic (exact) mass is 508 g/mol. The number of aromatic nitrogens is 2. The van der Waals surface area contributed by atoms with Crippen LogP contribution in [0.1, 0.15) is 18.4 Å². The molecule has 1 N–H and O–H groups in total. The second-order valence-electron chi connectivity index (χ2n) is 7.05. The Bertz CT molecular complexity index is 970. The molecule has 1 aliphatic heterocycles. The minimum Gasteiger partial charge on any atom is -0.496 e. The van der Waals surface area contributed by atoms with Gasteiger partial charge < -0.3 is 10.1 Å². The largest absolute Gasteiger partial charge is 0.496 e. The Morgan fingerprint density at radius 2 is 2.07 bits per heavy atom. The number of piperidine rings is 1. The summed E-state index contributed by atoms with van der Waals surface area (Å²) in [6.45, 7) is 3.06. The number of anilines is 1. The molecule has 1 atom stereocenters. The first kappa shape index (κ1) is 19.7. The predicted molar refractivity (Wildman–Crippen MR) is 122 cm³/mol. The lowest BCUT2D eigenvalue weighted by molar-refractivity contribution is 0.208. The second-order valence-corrected chi connectivity index (χ2v) is 8.55. The van der Waals surface area contributed by atoms with Gasteiger partial charge in [0.05, 0.1) is 16.2 Å². The van der Waals surface area contributed by atoms with Gasteiger partial charge in [0, 0.05) is 24.5 Å². The van der Waals surface area contributed by atoms with Crippen molar-refractivity contribution >= 4 is 50.9 Å². The molecule has 4 rings (SSSR count). The molecule has 7 heteroatoms. The first-order valence-electron chi connectivity index (χ1n) is 9.36. The highest BCUT2D eigenvalue weighted by atomic mass is 127. The van der Waals surface area contributed by atoms with E-state index in [1.54, 1.807) is 7.11 Å². The van der Waals surface area contributed by atoms with Crippen molar-refractivity contribution in [1.29, 1.82) is 0 Å². The molecule has 0 bridgehead atoms. The smallest absolute Gasteiger partial charge is 0.224 e. The van der Waals surface area contributed by atoms with Crippen LogP contribution < -0.4 is 10.1 Å². The van der Waals surface area contributed by atoms with Crippen LogP contribution in [-0.4, -0.2) is 41.1 Å². The molecule has 1 aromatic heterocycles. The fourth-order valence-corrected chi connectivity index (χ4v) is 4.57. The van der Waals surface area contributed by atoms with Crippen LogP contribution in [0.4, 0.5) is 5.82 Å². The molecule has 5 nitrogen and oxygen atoms in total. The number of likely N-dealkylation sites (tertiary alicyclic amines) is 1. The summed E-state index contributed by atoms with van der Waals surface area (Å²) in [5, 5.41) is 4.81. The zero-order chi connectivity index (χ0) is 19.5. The van der Waals surface area contributed by atoms with Crippen LogP contribution in [0.3, 0.4) is 0 Å². The van der Waals surface area contributed by atoms with E-state index in [1.165, 1.54) is 5.56 Å². The molecule has 2 heterocycles. The summed E-state index contributed by atoms with van der Waals surface area (Å²) in [6.07, 6.45) is 2.26. The summed E-state index contributed by atoms with van der Waals surface area (Å²) in [5.41, 5.74) is 2.17. The Hall–Kier alpha value is -1.64. The average Bonchev–Trinajstić information content (AvgIpc) is 2.68. The quantitative estimate of drug-likeness (QED) is 0.389. The Morgan fingerprint density at radius 1 is 1.25 bits per heavy atom. The minimum atomic E-state index is 0.257. The number of hydrogen-bond donors (Lipinski definition) is 1. The summed E-state index contributed by atoms with van der Waals surface area (Å²) in [4.78, 5) is 11.3. The van der Waals surface area contributed by atoms with Crippen molar-refractivity contribution in [3.63, 3.8) is 0 Å². The van der Waals surface area contributed by atoms with Gasteiger partial charge in [-0.1, -0.05) is 30.3 Å². The van der Waals surface area contributed by atoms with E-state index >= 15 is 0 Å². The summed E-state index contributed by atoms with van der Waals surface area (Å²) in [7, 11) is 1.68. The van der Waals surface area contributed by atoms with Gasteiger partial charge in [-0.15, -0.1) is 0 Å². The number of fused-ring (bicyclic) bond motifs is 1. The van der Waals surface area contributed by atoms with Crippen molar-refractivity contribution in [3.05, 3.63) is 56.9 Å². The third-order valence-electron chi connectivity index (χ3n) is 5.04. The number of halogens is 2. The topological polar surface area (TPSA) is 50.3 Å². The van der Waals surface area contributed by atoms with Gasteiger partial charge in [0.2, 0.25) is 5.28 Å². The molecule has 0 saturated carbocycles. The lowest BCUT2D eigenvalue weighted by Crippen LogP contribution is -2.41. The van der Waals surface area contributed by atoms with Crippen molar-refractivity contribution in [2.24, 2.45) is 0 Å². The van der Waals surface area contributed by atoms with Crippen LogP contribution >= 0.6 is 34.2 Å². The maximum absolute atomic E-state index is 6.20. The van der Waals surface area contributed by atoms with E-state index in [2.05, 4.69) is 73.1 Å². The van der Waals surface area contributed by atoms with E-state index in [4.69, 9.17) is 16.3 Å². The van der Waals surface area contributed by atoms with Crippen LogP contribution in [0.5, 0.6) is 5.75 Å². The lowest BCUT2D eigenvalue weighted by atomic mass is 10.0. The highest BCUT2D eigenvalue weighted by Gasteiger charge is 2.21. The minimum absolute atomic E-state index is 0.257. The maximum atomic E-state index is 6.20. The van der Waals surface area contributed by atoms with Crippen LogP contribution in [-0.2, 0) is 6.54 Å². The second kappa shape index (κ2) is 8.80. The molecular weight excluding hydrogens is 487 g/mol. The van der Waals surface area contributed by atoms with E-state index in [-0.39, 0.29) is 5.28 Å². The van der Waals surface area contributed by atoms with Crippen molar-refractivity contribution < 1.29 is 4.74 Å². The SMILES string of the molecule is COc1cc2c(NC3CCCN(Cc4ccccc4)C3)nc(Cl)nc2cc1I. The van der Waals surface area contributed by atoms with Crippen molar-refractivity contribution in [2.75, 3.05) is 25.5 Å². The molecule has 0 spiro atoms. The molecule has 28 heavy (non-hydrogen) atoms. The van der Waals surface area contributed by atoms with E-state index in [9.17, 15) is 0 Å². The summed E-state index contributed by atoms with van der Waals surface area (Å²) in [6, 6.07) is 14.9. The van der Waals surface area contributed by atoms with Gasteiger partial charge in [0.15, 0.2) is 0 Å². The molecule has 1 saturated heterocycles. The van der Waals surface area contributed by atoms with Gasteiger partial charge in [0.25, 0.3) is 0 Å². The zero-order valence-electron chi connectivity index (χ0n) is 15.7. The molecule has 1 unspecified atom stereocenters. The van der Waals surface area contributed by atoms with Gasteiger partial charge >= 0.3 is 0 Å². The van der Waals surface area contributed by atoms with E-state index in [1.807, 2.05) is 12.1 Å². The Morgan fingerprint density at radius 3 is 2.86 bits per heavy atom. The van der Waals surface area contributed by atoms with E-state index < -0.39 is 0 Å². The fourth-order valence-electron chi connectivity index (χ4n) is 3.72. The normalized spacial score (nSPS) is 17.6. The summed E-state index contributed by atoms with van der Waals surface area (Å²) in [5.74, 6) is 1.59. The zero-order valence-corrected chi connectivity index (χ0v) is 18.6. The van der Waals surface area contributed by atoms with Crippen molar-refractivity contribution in [3.8, 4) is 5.75 Å². The maximum Gasteiger partial charge on any atom is 0.224 e. The lowest BCUT2D eigenvalue weighted by Gasteiger charge is -2.33. The molecule has 0 aliphatic carbocycles. The van der Waals surface area contributed by atoms with Crippen LogP contribution in [0.25, 0.3) is 10.9 Å². The first-order chi connectivity index (χ1) is 13.6. The number of methoxy groups -OCH3 is 1. The molecular formula is C21H22ClIN4O. The van der Waals surface area contributed by atoms with Gasteiger partial charge in [-0.2, -0.15) is 0 Å². The van der Waals surface area contributed by atoms with Crippen molar-refractivity contribution in [1.82, 2.24) is 14.9 Å². The van der Waals surface area contributed by atoms with Crippen LogP contribution in [0, 0.1) is 3.57 Å². The number of rotatable bonds is 5. The summed E-state index contributed by atoms with van der Waals surface area (Å²) >= 11 is 8.44. The predicted octanol–water partition coefficient (Wildman–Crippen LogP) is 4.97. The molecule has 2 aromatic carbocycles. The Balaban J connectivity index is 1.55. The Kier molecular flexibility index (Phi) is 6.18. The fraction of sp³-hybridized carbons (Fsp3) is 0.333. The van der Waals surface area contributed by atoms with E-state index in [0.29, 0.717) is 6.04 Å². The number of hydrogen-bond acceptors (Lipinski definition) is 5. The van der Waals surface area contributed by atoms with Gasteiger partial charge in [-0.05, 0) is 71.3 Å². The Labute approximate surface area is 183 Å². The number of nitrogens with zero attached hydrogens (tertiary/aromatic N) is 3. The number of benzene rings is 2. The van der Waals surface area contributed by atoms with Gasteiger partial charge in [-0.3, -0.25) is 4.90 Å². The first-order valence-corrected chi connectivity index (χ1v) is 10.8. The molecule has 1 fully saturated rings. The number of ether oxygens (including phenoxy) is 1.